The van der Waals surface area contributed by atoms with Gasteiger partial charge in [-0.25, -0.2) is 9.97 Å². The maximum Gasteiger partial charge on any atom is 0.183 e. The Balaban J connectivity index is 1.69. The highest BCUT2D eigenvalue weighted by molar-refractivity contribution is 7.14. The van der Waals surface area contributed by atoms with E-state index in [-0.39, 0.29) is 12.1 Å². The van der Waals surface area contributed by atoms with E-state index in [1.54, 1.807) is 11.3 Å². The first-order valence-electron chi connectivity index (χ1n) is 10.9. The van der Waals surface area contributed by atoms with Gasteiger partial charge >= 0.3 is 0 Å². The number of hydrogen-bond donors (Lipinski definition) is 2. The summed E-state index contributed by atoms with van der Waals surface area (Å²) in [5, 5.41) is 10.9. The molecule has 9 heteroatoms. The second kappa shape index (κ2) is 10.2. The molecule has 3 aromatic rings. The Morgan fingerprint density at radius 1 is 1.22 bits per heavy atom. The molecular formula is C23H29ClN4O3S. The van der Waals surface area contributed by atoms with Crippen molar-refractivity contribution in [2.24, 2.45) is 0 Å². The summed E-state index contributed by atoms with van der Waals surface area (Å²) in [5.41, 5.74) is 2.12. The van der Waals surface area contributed by atoms with E-state index < -0.39 is 0 Å². The molecule has 7 nitrogen and oxygen atoms in total. The van der Waals surface area contributed by atoms with Gasteiger partial charge in [-0.1, -0.05) is 11.6 Å². The third-order valence-electron chi connectivity index (χ3n) is 4.83. The second-order valence-corrected chi connectivity index (χ2v) is 9.56. The Hall–Kier alpha value is -2.13. The van der Waals surface area contributed by atoms with E-state index in [9.17, 15) is 0 Å². The van der Waals surface area contributed by atoms with E-state index in [1.807, 2.05) is 37.4 Å². The predicted octanol–water partition coefficient (Wildman–Crippen LogP) is 4.99. The van der Waals surface area contributed by atoms with Crippen molar-refractivity contribution >= 4 is 39.0 Å². The van der Waals surface area contributed by atoms with Crippen molar-refractivity contribution in [2.45, 2.75) is 45.9 Å². The largest absolute Gasteiger partial charge is 0.490 e. The summed E-state index contributed by atoms with van der Waals surface area (Å²) in [6, 6.07) is 6.18. The van der Waals surface area contributed by atoms with Crippen LogP contribution in [-0.4, -0.2) is 54.5 Å². The molecular weight excluding hydrogens is 448 g/mol. The molecule has 3 heterocycles. The second-order valence-electron chi connectivity index (χ2n) is 8.32. The van der Waals surface area contributed by atoms with Crippen LogP contribution in [0.25, 0.3) is 22.3 Å². The Labute approximate surface area is 197 Å². The Kier molecular flexibility index (Phi) is 7.35. The lowest BCUT2D eigenvalue weighted by Gasteiger charge is -2.24. The number of ether oxygens (including phenoxy) is 3. The zero-order valence-corrected chi connectivity index (χ0v) is 20.3. The molecule has 1 atom stereocenters. The van der Waals surface area contributed by atoms with Crippen LogP contribution in [0.2, 0.25) is 5.02 Å². The number of halogens is 1. The predicted molar refractivity (Wildman–Crippen MR) is 130 cm³/mol. The van der Waals surface area contributed by atoms with Gasteiger partial charge in [0, 0.05) is 29.4 Å². The smallest absolute Gasteiger partial charge is 0.183 e. The summed E-state index contributed by atoms with van der Waals surface area (Å²) >= 11 is 8.33. The van der Waals surface area contributed by atoms with Gasteiger partial charge in [0.1, 0.15) is 28.8 Å². The molecule has 0 amide bonds. The molecule has 0 bridgehead atoms. The minimum absolute atomic E-state index is 0.00845. The van der Waals surface area contributed by atoms with E-state index in [2.05, 4.69) is 24.5 Å². The first-order valence-corrected chi connectivity index (χ1v) is 12.1. The van der Waals surface area contributed by atoms with Gasteiger partial charge in [-0.3, -0.25) is 0 Å². The fraction of sp³-hybridized carbons (Fsp3) is 0.478. The number of nitrogens with zero attached hydrogens (tertiary/aromatic N) is 2. The lowest BCUT2D eigenvalue weighted by molar-refractivity contribution is 0.0593. The monoisotopic (exact) mass is 476 g/mol. The molecule has 172 valence electrons. The number of pyridine rings is 1. The molecule has 1 fully saturated rings. The van der Waals surface area contributed by atoms with Crippen LogP contribution in [0.1, 0.15) is 27.7 Å². The number of benzene rings is 1. The number of anilines is 1. The lowest BCUT2D eigenvalue weighted by atomic mass is 10.1. The Morgan fingerprint density at radius 3 is 2.78 bits per heavy atom. The van der Waals surface area contributed by atoms with Crippen LogP contribution in [0, 0.1) is 0 Å². The van der Waals surface area contributed by atoms with Crippen molar-refractivity contribution in [3.8, 4) is 22.9 Å². The van der Waals surface area contributed by atoms with E-state index in [1.165, 1.54) is 0 Å². The minimum atomic E-state index is 0.00845. The number of nitrogens with one attached hydrogen (secondary N) is 2. The molecule has 0 radical (unpaired) electrons. The van der Waals surface area contributed by atoms with Crippen LogP contribution in [0.5, 0.6) is 11.5 Å². The third kappa shape index (κ3) is 5.43. The zero-order valence-electron chi connectivity index (χ0n) is 18.8. The summed E-state index contributed by atoms with van der Waals surface area (Å²) in [7, 11) is 0. The SMILES string of the molecule is CC(C)Nc1nc(-c2cc(OC(C)C)c3ccc(OC[C@H]4COCCN4)c(Cl)c3n2)cs1. The zero-order chi connectivity index (χ0) is 22.7. The van der Waals surface area contributed by atoms with Gasteiger partial charge in [0.05, 0.1) is 36.6 Å². The van der Waals surface area contributed by atoms with Crippen molar-refractivity contribution in [2.75, 3.05) is 31.7 Å². The van der Waals surface area contributed by atoms with E-state index in [4.69, 9.17) is 35.8 Å². The first kappa shape index (κ1) is 23.0. The van der Waals surface area contributed by atoms with Crippen molar-refractivity contribution in [1.29, 1.82) is 0 Å². The third-order valence-corrected chi connectivity index (χ3v) is 5.96. The van der Waals surface area contributed by atoms with Crippen LogP contribution in [-0.2, 0) is 4.74 Å². The summed E-state index contributed by atoms with van der Waals surface area (Å²) in [4.78, 5) is 9.54. The highest BCUT2D eigenvalue weighted by atomic mass is 35.5. The van der Waals surface area contributed by atoms with Crippen LogP contribution in [0.3, 0.4) is 0 Å². The molecule has 0 spiro atoms. The molecule has 2 N–H and O–H groups in total. The van der Waals surface area contributed by atoms with Gasteiger partial charge in [-0.15, -0.1) is 11.3 Å². The minimum Gasteiger partial charge on any atom is -0.490 e. The summed E-state index contributed by atoms with van der Waals surface area (Å²) < 4.78 is 17.6. The molecule has 32 heavy (non-hydrogen) atoms. The van der Waals surface area contributed by atoms with Gasteiger partial charge in [-0.05, 0) is 39.8 Å². The van der Waals surface area contributed by atoms with Crippen molar-refractivity contribution < 1.29 is 14.2 Å². The lowest BCUT2D eigenvalue weighted by Crippen LogP contribution is -2.44. The van der Waals surface area contributed by atoms with Crippen molar-refractivity contribution in [3.05, 3.63) is 28.6 Å². The fourth-order valence-corrected chi connectivity index (χ4v) is 4.54. The molecule has 0 aliphatic carbocycles. The van der Waals surface area contributed by atoms with Crippen molar-refractivity contribution in [3.63, 3.8) is 0 Å². The van der Waals surface area contributed by atoms with Gasteiger partial charge < -0.3 is 24.8 Å². The maximum absolute atomic E-state index is 6.78. The molecule has 1 aliphatic rings. The fourth-order valence-electron chi connectivity index (χ4n) is 3.42. The number of fused-ring (bicyclic) bond motifs is 1. The molecule has 0 saturated carbocycles. The van der Waals surface area contributed by atoms with Crippen LogP contribution >= 0.6 is 22.9 Å². The normalized spacial score (nSPS) is 16.7. The Morgan fingerprint density at radius 2 is 2.06 bits per heavy atom. The van der Waals surface area contributed by atoms with Gasteiger partial charge in [-0.2, -0.15) is 0 Å². The number of morpholine rings is 1. The number of thiazole rings is 1. The average molecular weight is 477 g/mol. The maximum atomic E-state index is 6.78. The molecule has 4 rings (SSSR count). The Bertz CT molecular complexity index is 1070. The first-order chi connectivity index (χ1) is 15.4. The number of aromatic nitrogens is 2. The van der Waals surface area contributed by atoms with Crippen LogP contribution in [0.4, 0.5) is 5.13 Å². The molecule has 1 aliphatic heterocycles. The summed E-state index contributed by atoms with van der Waals surface area (Å²) in [6.45, 7) is 10.8. The standard InChI is InChI=1S/C23H29ClN4O3S/c1-13(2)26-23-28-18(12-32-23)17-9-20(31-14(3)4)16-5-6-19(21(24)22(16)27-17)30-11-15-10-29-8-7-25-15/h5-6,9,12-15,25H,7-8,10-11H2,1-4H3,(H,26,28)/t15-/m1/s1. The molecule has 1 saturated heterocycles. The topological polar surface area (TPSA) is 77.5 Å². The van der Waals surface area contributed by atoms with Gasteiger partial charge in [0.15, 0.2) is 5.13 Å². The van der Waals surface area contributed by atoms with Crippen LogP contribution < -0.4 is 20.1 Å². The van der Waals surface area contributed by atoms with Crippen molar-refractivity contribution in [1.82, 2.24) is 15.3 Å². The summed E-state index contributed by atoms with van der Waals surface area (Å²) in [5.74, 6) is 1.31. The molecule has 2 aromatic heterocycles. The number of hydrogen-bond acceptors (Lipinski definition) is 8. The van der Waals surface area contributed by atoms with Gasteiger partial charge in [0.2, 0.25) is 0 Å². The average Bonchev–Trinajstić information content (AvgIpc) is 3.21. The quantitative estimate of drug-likeness (QED) is 0.474. The molecule has 0 unspecified atom stereocenters. The number of rotatable bonds is 8. The van der Waals surface area contributed by atoms with E-state index in [0.29, 0.717) is 41.2 Å². The molecule has 1 aromatic carbocycles. The summed E-state index contributed by atoms with van der Waals surface area (Å²) in [6.07, 6.45) is 0.00845. The van der Waals surface area contributed by atoms with Crippen LogP contribution in [0.15, 0.2) is 23.6 Å². The highest BCUT2D eigenvalue weighted by Gasteiger charge is 2.19. The highest BCUT2D eigenvalue weighted by Crippen LogP contribution is 2.39. The van der Waals surface area contributed by atoms with Gasteiger partial charge in [0.25, 0.3) is 0 Å². The van der Waals surface area contributed by atoms with E-state index >= 15 is 0 Å². The van der Waals surface area contributed by atoms with E-state index in [0.717, 1.165) is 35.1 Å².